The average molecular weight is 230 g/mol. The van der Waals surface area contributed by atoms with E-state index in [0.29, 0.717) is 5.69 Å². The van der Waals surface area contributed by atoms with Gasteiger partial charge in [0.1, 0.15) is 11.4 Å². The van der Waals surface area contributed by atoms with Crippen molar-refractivity contribution in [3.05, 3.63) is 48.0 Å². The van der Waals surface area contributed by atoms with Gasteiger partial charge in [0.2, 0.25) is 0 Å². The number of nitrogens with one attached hydrogen (secondary N) is 1. The largest absolute Gasteiger partial charge is 0.497 e. The maximum Gasteiger partial charge on any atom is 0.187 e. The quantitative estimate of drug-likeness (QED) is 0.820. The van der Waals surface area contributed by atoms with Crippen LogP contribution in [0.15, 0.2) is 36.8 Å². The molecule has 2 rings (SSSR count). The van der Waals surface area contributed by atoms with Gasteiger partial charge in [0.25, 0.3) is 0 Å². The number of imidazole rings is 1. The van der Waals surface area contributed by atoms with E-state index in [1.807, 2.05) is 31.2 Å². The van der Waals surface area contributed by atoms with E-state index in [1.165, 1.54) is 6.33 Å². The summed E-state index contributed by atoms with van der Waals surface area (Å²) < 4.78 is 5.14. The first-order chi connectivity index (χ1) is 8.22. The number of H-pyrrole nitrogens is 1. The lowest BCUT2D eigenvalue weighted by Gasteiger charge is -2.10. The fourth-order valence-electron chi connectivity index (χ4n) is 1.69. The van der Waals surface area contributed by atoms with Crippen LogP contribution in [0.4, 0.5) is 0 Å². The predicted octanol–water partition coefficient (Wildman–Crippen LogP) is 2.40. The number of carbonyl (C=O) groups excluding carboxylic acids is 1. The van der Waals surface area contributed by atoms with Crippen molar-refractivity contribution in [2.24, 2.45) is 0 Å². The molecule has 1 aromatic heterocycles. The van der Waals surface area contributed by atoms with E-state index in [0.717, 1.165) is 11.3 Å². The molecular weight excluding hydrogens is 216 g/mol. The minimum absolute atomic E-state index is 0.0238. The summed E-state index contributed by atoms with van der Waals surface area (Å²) in [6.45, 7) is 1.87. The molecule has 4 heteroatoms. The molecule has 17 heavy (non-hydrogen) atoms. The molecule has 1 aromatic carbocycles. The minimum Gasteiger partial charge on any atom is -0.497 e. The second kappa shape index (κ2) is 4.82. The van der Waals surface area contributed by atoms with Gasteiger partial charge in [0.15, 0.2) is 5.78 Å². The molecule has 0 fully saturated rings. The van der Waals surface area contributed by atoms with E-state index in [4.69, 9.17) is 4.74 Å². The van der Waals surface area contributed by atoms with Crippen LogP contribution in [-0.4, -0.2) is 22.9 Å². The summed E-state index contributed by atoms with van der Waals surface area (Å²) in [7, 11) is 1.61. The second-order valence-electron chi connectivity index (χ2n) is 3.83. The summed E-state index contributed by atoms with van der Waals surface area (Å²) in [6, 6.07) is 7.53. The van der Waals surface area contributed by atoms with Crippen LogP contribution in [0, 0.1) is 0 Å². The number of hydrogen-bond acceptors (Lipinski definition) is 3. The third kappa shape index (κ3) is 2.36. The Balaban J connectivity index is 2.24. The number of methoxy groups -OCH3 is 1. The predicted molar refractivity (Wildman–Crippen MR) is 64.3 cm³/mol. The van der Waals surface area contributed by atoms with Crippen molar-refractivity contribution in [3.8, 4) is 5.75 Å². The molecule has 88 valence electrons. The Kier molecular flexibility index (Phi) is 3.23. The molecule has 2 aromatic rings. The molecule has 0 bridgehead atoms. The summed E-state index contributed by atoms with van der Waals surface area (Å²) in [5.74, 6) is 0.563. The van der Waals surface area contributed by atoms with E-state index in [9.17, 15) is 4.79 Å². The van der Waals surface area contributed by atoms with Crippen molar-refractivity contribution in [1.29, 1.82) is 0 Å². The highest BCUT2D eigenvalue weighted by Crippen LogP contribution is 2.23. The molecule has 0 saturated heterocycles. The van der Waals surface area contributed by atoms with Gasteiger partial charge in [-0.3, -0.25) is 4.79 Å². The van der Waals surface area contributed by atoms with Crippen LogP contribution >= 0.6 is 0 Å². The molecule has 0 aliphatic heterocycles. The van der Waals surface area contributed by atoms with E-state index >= 15 is 0 Å². The molecule has 1 heterocycles. The lowest BCUT2D eigenvalue weighted by molar-refractivity contribution is 0.0961. The van der Waals surface area contributed by atoms with E-state index < -0.39 is 0 Å². The van der Waals surface area contributed by atoms with E-state index in [-0.39, 0.29) is 11.7 Å². The van der Waals surface area contributed by atoms with Crippen LogP contribution in [0.3, 0.4) is 0 Å². The SMILES string of the molecule is COc1cccc(C(C)C(=O)c2cnc[nH]2)c1. The highest BCUT2D eigenvalue weighted by molar-refractivity contribution is 5.98. The Labute approximate surface area is 99.7 Å². The number of aromatic nitrogens is 2. The number of hydrogen-bond donors (Lipinski definition) is 1. The average Bonchev–Trinajstić information content (AvgIpc) is 2.91. The van der Waals surface area contributed by atoms with Gasteiger partial charge in [-0.1, -0.05) is 19.1 Å². The lowest BCUT2D eigenvalue weighted by atomic mass is 9.95. The van der Waals surface area contributed by atoms with Crippen LogP contribution in [-0.2, 0) is 0 Å². The number of ether oxygens (including phenoxy) is 1. The van der Waals surface area contributed by atoms with Gasteiger partial charge in [0.05, 0.1) is 19.6 Å². The molecule has 0 spiro atoms. The standard InChI is InChI=1S/C13H14N2O2/c1-9(13(16)12-7-14-8-15-12)10-4-3-5-11(6-10)17-2/h3-9H,1-2H3,(H,14,15). The van der Waals surface area contributed by atoms with Gasteiger partial charge in [-0.05, 0) is 17.7 Å². The van der Waals surface area contributed by atoms with Crippen LogP contribution < -0.4 is 4.74 Å². The molecule has 1 unspecified atom stereocenters. The third-order valence-corrected chi connectivity index (χ3v) is 2.75. The third-order valence-electron chi connectivity index (χ3n) is 2.75. The Morgan fingerprint density at radius 3 is 2.94 bits per heavy atom. The zero-order chi connectivity index (χ0) is 12.3. The number of Topliss-reactive ketones (excluding diaryl/α,β-unsaturated/α-hetero) is 1. The van der Waals surface area contributed by atoms with Crippen LogP contribution in [0.25, 0.3) is 0 Å². The number of ketones is 1. The number of carbonyl (C=O) groups is 1. The molecule has 0 aliphatic carbocycles. The zero-order valence-electron chi connectivity index (χ0n) is 9.81. The monoisotopic (exact) mass is 230 g/mol. The second-order valence-corrected chi connectivity index (χ2v) is 3.83. The van der Waals surface area contributed by atoms with Crippen LogP contribution in [0.5, 0.6) is 5.75 Å². The highest BCUT2D eigenvalue weighted by atomic mass is 16.5. The van der Waals surface area contributed by atoms with Gasteiger partial charge in [-0.15, -0.1) is 0 Å². The highest BCUT2D eigenvalue weighted by Gasteiger charge is 2.18. The van der Waals surface area contributed by atoms with Crippen LogP contribution in [0.2, 0.25) is 0 Å². The number of rotatable bonds is 4. The number of aromatic amines is 1. The number of benzene rings is 1. The van der Waals surface area contributed by atoms with Crippen molar-refractivity contribution in [2.75, 3.05) is 7.11 Å². The lowest BCUT2D eigenvalue weighted by Crippen LogP contribution is -2.10. The minimum atomic E-state index is -0.217. The summed E-state index contributed by atoms with van der Waals surface area (Å²) >= 11 is 0. The zero-order valence-corrected chi connectivity index (χ0v) is 9.81. The van der Waals surface area contributed by atoms with Gasteiger partial charge >= 0.3 is 0 Å². The smallest absolute Gasteiger partial charge is 0.187 e. The fraction of sp³-hybridized carbons (Fsp3) is 0.231. The maximum absolute atomic E-state index is 12.1. The van der Waals surface area contributed by atoms with Gasteiger partial charge < -0.3 is 9.72 Å². The Morgan fingerprint density at radius 1 is 1.47 bits per heavy atom. The molecule has 0 saturated carbocycles. The molecular formula is C13H14N2O2. The summed E-state index contributed by atoms with van der Waals surface area (Å²) in [6.07, 6.45) is 3.05. The summed E-state index contributed by atoms with van der Waals surface area (Å²) in [5, 5.41) is 0. The van der Waals surface area contributed by atoms with Gasteiger partial charge in [-0.2, -0.15) is 0 Å². The summed E-state index contributed by atoms with van der Waals surface area (Å²) in [5.41, 5.74) is 1.46. The Morgan fingerprint density at radius 2 is 2.29 bits per heavy atom. The Bertz CT molecular complexity index is 506. The van der Waals surface area contributed by atoms with Crippen molar-refractivity contribution >= 4 is 5.78 Å². The normalized spacial score (nSPS) is 12.1. The molecule has 4 nitrogen and oxygen atoms in total. The first-order valence-corrected chi connectivity index (χ1v) is 5.39. The van der Waals surface area contributed by atoms with Crippen LogP contribution in [0.1, 0.15) is 28.9 Å². The molecule has 1 N–H and O–H groups in total. The molecule has 1 atom stereocenters. The van der Waals surface area contributed by atoms with Gasteiger partial charge in [0, 0.05) is 5.92 Å². The van der Waals surface area contributed by atoms with Crippen molar-refractivity contribution < 1.29 is 9.53 Å². The van der Waals surface area contributed by atoms with Crippen molar-refractivity contribution in [1.82, 2.24) is 9.97 Å². The Hall–Kier alpha value is -2.10. The van der Waals surface area contributed by atoms with Crippen molar-refractivity contribution in [2.45, 2.75) is 12.8 Å². The molecule has 0 amide bonds. The van der Waals surface area contributed by atoms with Gasteiger partial charge in [-0.25, -0.2) is 4.98 Å². The number of nitrogens with zero attached hydrogens (tertiary/aromatic N) is 1. The topological polar surface area (TPSA) is 55.0 Å². The first kappa shape index (κ1) is 11.4. The van der Waals surface area contributed by atoms with E-state index in [2.05, 4.69) is 9.97 Å². The fourth-order valence-corrected chi connectivity index (χ4v) is 1.69. The maximum atomic E-state index is 12.1. The first-order valence-electron chi connectivity index (χ1n) is 5.39. The molecule has 0 radical (unpaired) electrons. The van der Waals surface area contributed by atoms with Crippen molar-refractivity contribution in [3.63, 3.8) is 0 Å². The van der Waals surface area contributed by atoms with E-state index in [1.54, 1.807) is 13.3 Å². The molecule has 0 aliphatic rings. The summed E-state index contributed by atoms with van der Waals surface area (Å²) in [4.78, 5) is 18.8.